The van der Waals surface area contributed by atoms with E-state index in [0.29, 0.717) is 5.92 Å². The van der Waals surface area contributed by atoms with Gasteiger partial charge in [-0.25, -0.2) is 0 Å². The van der Waals surface area contributed by atoms with Gasteiger partial charge in [0.1, 0.15) is 0 Å². The third-order valence-electron chi connectivity index (χ3n) is 3.90. The van der Waals surface area contributed by atoms with E-state index in [1.54, 1.807) is 0 Å². The average molecular weight is 243 g/mol. The zero-order chi connectivity index (χ0) is 13.1. The second-order valence-corrected chi connectivity index (χ2v) is 5.82. The summed E-state index contributed by atoms with van der Waals surface area (Å²) in [6.07, 6.45) is 5.09. The van der Waals surface area contributed by atoms with Crippen LogP contribution in [0.3, 0.4) is 0 Å². The van der Waals surface area contributed by atoms with Gasteiger partial charge in [-0.3, -0.25) is 0 Å². The van der Waals surface area contributed by atoms with E-state index in [1.807, 2.05) is 0 Å². The molecule has 0 bridgehead atoms. The molecule has 1 heteroatoms. The van der Waals surface area contributed by atoms with Crippen LogP contribution in [0.1, 0.15) is 43.4 Å². The Bertz CT molecular complexity index is 439. The molecular weight excluding hydrogens is 218 g/mol. The van der Waals surface area contributed by atoms with Crippen molar-refractivity contribution >= 4 is 6.08 Å². The third-order valence-corrected chi connectivity index (χ3v) is 3.90. The molecule has 1 fully saturated rings. The van der Waals surface area contributed by atoms with Gasteiger partial charge in [0.2, 0.25) is 0 Å². The van der Waals surface area contributed by atoms with Crippen molar-refractivity contribution < 1.29 is 0 Å². The summed E-state index contributed by atoms with van der Waals surface area (Å²) >= 11 is 0. The van der Waals surface area contributed by atoms with E-state index in [2.05, 4.69) is 57.3 Å². The molecule has 18 heavy (non-hydrogen) atoms. The van der Waals surface area contributed by atoms with Crippen molar-refractivity contribution in [2.24, 2.45) is 5.92 Å². The van der Waals surface area contributed by atoms with Crippen LogP contribution in [0.4, 0.5) is 0 Å². The first-order valence-electron chi connectivity index (χ1n) is 7.08. The third kappa shape index (κ3) is 3.46. The molecule has 1 saturated carbocycles. The van der Waals surface area contributed by atoms with Crippen molar-refractivity contribution in [3.63, 3.8) is 0 Å². The average Bonchev–Trinajstić information content (AvgIpc) is 3.13. The summed E-state index contributed by atoms with van der Waals surface area (Å²) < 4.78 is 0. The largest absolute Gasteiger partial charge is 0.310 e. The summed E-state index contributed by atoms with van der Waals surface area (Å²) in [5.74, 6) is 0.608. The fraction of sp³-hybridized carbons (Fsp3) is 0.529. The Balaban J connectivity index is 2.16. The Morgan fingerprint density at radius 1 is 1.33 bits per heavy atom. The lowest BCUT2D eigenvalue weighted by molar-refractivity contribution is 0.662. The number of hydrogen-bond donors (Lipinski definition) is 1. The van der Waals surface area contributed by atoms with Crippen LogP contribution >= 0.6 is 0 Å². The van der Waals surface area contributed by atoms with E-state index in [1.165, 1.54) is 35.1 Å². The number of aryl methyl sites for hydroxylation is 1. The van der Waals surface area contributed by atoms with Gasteiger partial charge in [-0.15, -0.1) is 0 Å². The van der Waals surface area contributed by atoms with Crippen molar-refractivity contribution in [3.8, 4) is 0 Å². The zero-order valence-electron chi connectivity index (χ0n) is 12.1. The topological polar surface area (TPSA) is 12.0 Å². The Morgan fingerprint density at radius 3 is 2.67 bits per heavy atom. The molecule has 1 aromatic carbocycles. The molecule has 1 nitrogen and oxygen atoms in total. The zero-order valence-corrected chi connectivity index (χ0v) is 12.1. The molecule has 0 unspecified atom stereocenters. The first-order chi connectivity index (χ1) is 8.58. The SMILES string of the molecule is Cc1cccc(C=C(CNC2CC2)C(C)C)c1C. The highest BCUT2D eigenvalue weighted by Gasteiger charge is 2.20. The van der Waals surface area contributed by atoms with Crippen LogP contribution in [0.15, 0.2) is 23.8 Å². The second-order valence-electron chi connectivity index (χ2n) is 5.82. The van der Waals surface area contributed by atoms with E-state index >= 15 is 0 Å². The minimum atomic E-state index is 0.608. The number of rotatable bonds is 5. The molecule has 1 aromatic rings. The van der Waals surface area contributed by atoms with Crippen molar-refractivity contribution in [3.05, 3.63) is 40.5 Å². The quantitative estimate of drug-likeness (QED) is 0.821. The van der Waals surface area contributed by atoms with Gasteiger partial charge in [-0.2, -0.15) is 0 Å². The monoisotopic (exact) mass is 243 g/mol. The normalized spacial score (nSPS) is 16.4. The van der Waals surface area contributed by atoms with E-state index in [0.717, 1.165) is 12.6 Å². The van der Waals surface area contributed by atoms with Crippen molar-refractivity contribution in [2.45, 2.75) is 46.6 Å². The summed E-state index contributed by atoms with van der Waals surface area (Å²) in [6.45, 7) is 10.0. The fourth-order valence-corrected chi connectivity index (χ4v) is 2.10. The molecule has 0 radical (unpaired) electrons. The predicted octanol–water partition coefficient (Wildman–Crippen LogP) is 4.09. The highest BCUT2D eigenvalue weighted by molar-refractivity contribution is 5.58. The molecule has 1 aliphatic carbocycles. The number of nitrogens with one attached hydrogen (secondary N) is 1. The van der Waals surface area contributed by atoms with Crippen molar-refractivity contribution in [1.29, 1.82) is 0 Å². The lowest BCUT2D eigenvalue weighted by Crippen LogP contribution is -2.21. The lowest BCUT2D eigenvalue weighted by Gasteiger charge is -2.14. The lowest BCUT2D eigenvalue weighted by atomic mass is 9.96. The smallest absolute Gasteiger partial charge is 0.0173 e. The van der Waals surface area contributed by atoms with Gasteiger partial charge >= 0.3 is 0 Å². The van der Waals surface area contributed by atoms with Crippen molar-refractivity contribution in [1.82, 2.24) is 5.32 Å². The second kappa shape index (κ2) is 5.71. The molecule has 0 atom stereocenters. The number of benzene rings is 1. The molecule has 0 saturated heterocycles. The van der Waals surface area contributed by atoms with E-state index < -0.39 is 0 Å². The summed E-state index contributed by atoms with van der Waals surface area (Å²) in [5, 5.41) is 3.62. The van der Waals surface area contributed by atoms with Crippen molar-refractivity contribution in [2.75, 3.05) is 6.54 Å². The highest BCUT2D eigenvalue weighted by Crippen LogP contribution is 2.22. The maximum Gasteiger partial charge on any atom is 0.0173 e. The molecule has 98 valence electrons. The Morgan fingerprint density at radius 2 is 2.06 bits per heavy atom. The predicted molar refractivity (Wildman–Crippen MR) is 79.8 cm³/mol. The van der Waals surface area contributed by atoms with E-state index in [-0.39, 0.29) is 0 Å². The van der Waals surface area contributed by atoms with Crippen LogP contribution in [-0.4, -0.2) is 12.6 Å². The molecule has 0 heterocycles. The van der Waals surface area contributed by atoms with E-state index in [9.17, 15) is 0 Å². The number of hydrogen-bond acceptors (Lipinski definition) is 1. The molecule has 0 aromatic heterocycles. The first-order valence-corrected chi connectivity index (χ1v) is 7.08. The van der Waals surface area contributed by atoms with Gasteiger partial charge in [0, 0.05) is 12.6 Å². The van der Waals surface area contributed by atoms with Gasteiger partial charge in [-0.1, -0.05) is 43.7 Å². The maximum absolute atomic E-state index is 3.62. The van der Waals surface area contributed by atoms with Crippen LogP contribution in [0.2, 0.25) is 0 Å². The van der Waals surface area contributed by atoms with Gasteiger partial charge in [0.15, 0.2) is 0 Å². The summed E-state index contributed by atoms with van der Waals surface area (Å²) in [5.41, 5.74) is 5.66. The molecule has 0 spiro atoms. The van der Waals surface area contributed by atoms with Gasteiger partial charge < -0.3 is 5.32 Å². The van der Waals surface area contributed by atoms with E-state index in [4.69, 9.17) is 0 Å². The van der Waals surface area contributed by atoms with Crippen LogP contribution in [0, 0.1) is 19.8 Å². The standard InChI is InChI=1S/C17H25N/c1-12(2)16(11-18-17-8-9-17)10-15-7-5-6-13(3)14(15)4/h5-7,10,12,17-18H,8-9,11H2,1-4H3. The summed E-state index contributed by atoms with van der Waals surface area (Å²) in [4.78, 5) is 0. The summed E-state index contributed by atoms with van der Waals surface area (Å²) in [6, 6.07) is 7.35. The fourth-order valence-electron chi connectivity index (χ4n) is 2.10. The van der Waals surface area contributed by atoms with Gasteiger partial charge in [0.05, 0.1) is 0 Å². The highest BCUT2D eigenvalue weighted by atomic mass is 14.9. The van der Waals surface area contributed by atoms with Gasteiger partial charge in [-0.05, 0) is 49.3 Å². The molecule has 1 N–H and O–H groups in total. The molecular formula is C17H25N. The van der Waals surface area contributed by atoms with Crippen LogP contribution in [0.5, 0.6) is 0 Å². The first kappa shape index (κ1) is 13.4. The Kier molecular flexibility index (Phi) is 4.23. The maximum atomic E-state index is 3.62. The summed E-state index contributed by atoms with van der Waals surface area (Å²) in [7, 11) is 0. The molecule has 0 aliphatic heterocycles. The Hall–Kier alpha value is -1.08. The minimum absolute atomic E-state index is 0.608. The molecule has 0 amide bonds. The van der Waals surface area contributed by atoms with Gasteiger partial charge in [0.25, 0.3) is 0 Å². The molecule has 1 aliphatic rings. The van der Waals surface area contributed by atoms with Crippen LogP contribution < -0.4 is 5.32 Å². The minimum Gasteiger partial charge on any atom is -0.310 e. The molecule has 2 rings (SSSR count). The van der Waals surface area contributed by atoms with Crippen LogP contribution in [0.25, 0.3) is 6.08 Å². The van der Waals surface area contributed by atoms with Crippen LogP contribution in [-0.2, 0) is 0 Å². The Labute approximate surface area is 111 Å².